The molecule has 1 unspecified atom stereocenters. The summed E-state index contributed by atoms with van der Waals surface area (Å²) >= 11 is 1.56. The van der Waals surface area contributed by atoms with Gasteiger partial charge in [0.2, 0.25) is 11.8 Å². The molecule has 2 fully saturated rings. The molecular formula is C18H28N4O3S. The normalized spacial score (nSPS) is 21.8. The van der Waals surface area contributed by atoms with Crippen LogP contribution in [0.4, 0.5) is 0 Å². The number of hydrogen-bond acceptors (Lipinski definition) is 6. The second-order valence-corrected chi connectivity index (χ2v) is 7.93. The molecule has 26 heavy (non-hydrogen) atoms. The fourth-order valence-corrected chi connectivity index (χ4v) is 4.16. The standard InChI is InChI=1S/C18H28N4O3S/c1-14-13-26-16(20-14)11-19-18(24)15-3-4-17(23)22(12-15)6-2-5-21-7-9-25-10-8-21/h13,15H,2-12H2,1H3,(H,19,24). The number of nitrogens with zero attached hydrogens (tertiary/aromatic N) is 3. The van der Waals surface area contributed by atoms with Crippen molar-refractivity contribution in [2.24, 2.45) is 5.92 Å². The van der Waals surface area contributed by atoms with Crippen LogP contribution in [0.25, 0.3) is 0 Å². The number of rotatable bonds is 7. The van der Waals surface area contributed by atoms with Crippen LogP contribution >= 0.6 is 11.3 Å². The second kappa shape index (κ2) is 9.43. The van der Waals surface area contributed by atoms with Gasteiger partial charge in [0.25, 0.3) is 0 Å². The molecule has 3 rings (SSSR count). The number of nitrogens with one attached hydrogen (secondary N) is 1. The monoisotopic (exact) mass is 380 g/mol. The zero-order chi connectivity index (χ0) is 18.4. The smallest absolute Gasteiger partial charge is 0.225 e. The van der Waals surface area contributed by atoms with E-state index in [1.165, 1.54) is 0 Å². The van der Waals surface area contributed by atoms with Crippen LogP contribution in [0.3, 0.4) is 0 Å². The van der Waals surface area contributed by atoms with Gasteiger partial charge in [-0.1, -0.05) is 0 Å². The van der Waals surface area contributed by atoms with E-state index in [9.17, 15) is 9.59 Å². The van der Waals surface area contributed by atoms with Gasteiger partial charge in [-0.05, 0) is 19.8 Å². The molecule has 2 saturated heterocycles. The average molecular weight is 381 g/mol. The summed E-state index contributed by atoms with van der Waals surface area (Å²) in [5, 5.41) is 5.88. The zero-order valence-corrected chi connectivity index (χ0v) is 16.2. The Hall–Kier alpha value is -1.51. The van der Waals surface area contributed by atoms with Crippen LogP contribution in [0.1, 0.15) is 30.0 Å². The molecule has 1 aromatic rings. The lowest BCUT2D eigenvalue weighted by Gasteiger charge is -2.33. The Morgan fingerprint density at radius 2 is 2.19 bits per heavy atom. The van der Waals surface area contributed by atoms with Gasteiger partial charge in [-0.3, -0.25) is 14.5 Å². The number of carbonyl (C=O) groups excluding carboxylic acids is 2. The van der Waals surface area contributed by atoms with Gasteiger partial charge >= 0.3 is 0 Å². The fraction of sp³-hybridized carbons (Fsp3) is 0.722. The Morgan fingerprint density at radius 3 is 2.92 bits per heavy atom. The largest absolute Gasteiger partial charge is 0.379 e. The maximum atomic E-state index is 12.5. The predicted molar refractivity (Wildman–Crippen MR) is 99.9 cm³/mol. The van der Waals surface area contributed by atoms with E-state index < -0.39 is 0 Å². The van der Waals surface area contributed by atoms with Crippen LogP contribution in [0.5, 0.6) is 0 Å². The first-order valence-electron chi connectivity index (χ1n) is 9.38. The van der Waals surface area contributed by atoms with Crippen molar-refractivity contribution in [2.75, 3.05) is 45.9 Å². The van der Waals surface area contributed by atoms with Gasteiger partial charge in [0.05, 0.1) is 25.7 Å². The van der Waals surface area contributed by atoms with Crippen LogP contribution in [-0.2, 0) is 20.9 Å². The maximum Gasteiger partial charge on any atom is 0.225 e. The molecule has 0 spiro atoms. The molecule has 2 aliphatic rings. The maximum absolute atomic E-state index is 12.5. The third-order valence-electron chi connectivity index (χ3n) is 4.96. The summed E-state index contributed by atoms with van der Waals surface area (Å²) in [7, 11) is 0. The molecule has 0 aliphatic carbocycles. The van der Waals surface area contributed by atoms with Crippen molar-refractivity contribution < 1.29 is 14.3 Å². The van der Waals surface area contributed by atoms with Crippen molar-refractivity contribution >= 4 is 23.2 Å². The van der Waals surface area contributed by atoms with E-state index in [-0.39, 0.29) is 17.7 Å². The van der Waals surface area contributed by atoms with E-state index >= 15 is 0 Å². The summed E-state index contributed by atoms with van der Waals surface area (Å²) in [5.74, 6) is 0.0900. The van der Waals surface area contributed by atoms with Gasteiger partial charge in [0.15, 0.2) is 0 Å². The predicted octanol–water partition coefficient (Wildman–Crippen LogP) is 1.03. The van der Waals surface area contributed by atoms with Gasteiger partial charge in [-0.15, -0.1) is 11.3 Å². The molecule has 2 aliphatic heterocycles. The quantitative estimate of drug-likeness (QED) is 0.765. The molecule has 3 heterocycles. The lowest BCUT2D eigenvalue weighted by Crippen LogP contribution is -2.46. The first kappa shape index (κ1) is 19.3. The minimum absolute atomic E-state index is 0.0310. The Balaban J connectivity index is 1.41. The number of ether oxygens (including phenoxy) is 1. The summed E-state index contributed by atoms with van der Waals surface area (Å²) in [6.07, 6.45) is 2.05. The third kappa shape index (κ3) is 5.49. The molecule has 0 saturated carbocycles. The average Bonchev–Trinajstić information content (AvgIpc) is 3.07. The van der Waals surface area contributed by atoms with E-state index in [1.807, 2.05) is 17.2 Å². The number of carbonyl (C=O) groups is 2. The van der Waals surface area contributed by atoms with Crippen LogP contribution in [0.2, 0.25) is 0 Å². The van der Waals surface area contributed by atoms with Crippen molar-refractivity contribution in [2.45, 2.75) is 32.7 Å². The Kier molecular flexibility index (Phi) is 6.99. The van der Waals surface area contributed by atoms with Crippen molar-refractivity contribution in [1.29, 1.82) is 0 Å². The summed E-state index contributed by atoms with van der Waals surface area (Å²) in [4.78, 5) is 33.2. The number of aryl methyl sites for hydroxylation is 1. The summed E-state index contributed by atoms with van der Waals surface area (Å²) in [5.41, 5.74) is 0.981. The first-order valence-corrected chi connectivity index (χ1v) is 10.3. The van der Waals surface area contributed by atoms with Gasteiger partial charge in [0, 0.05) is 50.2 Å². The molecule has 2 amide bonds. The Bertz CT molecular complexity index is 615. The van der Waals surface area contributed by atoms with Crippen LogP contribution < -0.4 is 5.32 Å². The number of amides is 2. The van der Waals surface area contributed by atoms with Crippen molar-refractivity contribution in [1.82, 2.24) is 20.1 Å². The molecule has 0 bridgehead atoms. The highest BCUT2D eigenvalue weighted by Crippen LogP contribution is 2.19. The summed E-state index contributed by atoms with van der Waals surface area (Å²) in [6, 6.07) is 0. The molecule has 0 aromatic carbocycles. The number of hydrogen-bond donors (Lipinski definition) is 1. The number of thiazole rings is 1. The molecule has 7 nitrogen and oxygen atoms in total. The van der Waals surface area contributed by atoms with E-state index in [4.69, 9.17) is 4.74 Å². The first-order chi connectivity index (χ1) is 12.6. The van der Waals surface area contributed by atoms with E-state index in [1.54, 1.807) is 11.3 Å². The molecule has 144 valence electrons. The Labute approximate surface area is 158 Å². The molecular weight excluding hydrogens is 352 g/mol. The van der Waals surface area contributed by atoms with E-state index in [2.05, 4.69) is 15.2 Å². The van der Waals surface area contributed by atoms with E-state index in [0.717, 1.165) is 56.5 Å². The number of likely N-dealkylation sites (tertiary alicyclic amines) is 1. The van der Waals surface area contributed by atoms with E-state index in [0.29, 0.717) is 25.9 Å². The van der Waals surface area contributed by atoms with Crippen LogP contribution in [0, 0.1) is 12.8 Å². The number of morpholine rings is 1. The highest BCUT2D eigenvalue weighted by atomic mass is 32.1. The second-order valence-electron chi connectivity index (χ2n) is 6.98. The highest BCUT2D eigenvalue weighted by Gasteiger charge is 2.30. The summed E-state index contributed by atoms with van der Waals surface area (Å²) < 4.78 is 5.36. The fourth-order valence-electron chi connectivity index (χ4n) is 3.45. The van der Waals surface area contributed by atoms with Crippen molar-refractivity contribution in [3.8, 4) is 0 Å². The molecule has 1 atom stereocenters. The SMILES string of the molecule is Cc1csc(CNC(=O)C2CCC(=O)N(CCCN3CCOCC3)C2)n1. The summed E-state index contributed by atoms with van der Waals surface area (Å²) in [6.45, 7) is 8.18. The van der Waals surface area contributed by atoms with Crippen LogP contribution in [0.15, 0.2) is 5.38 Å². The highest BCUT2D eigenvalue weighted by molar-refractivity contribution is 7.09. The molecule has 1 aromatic heterocycles. The van der Waals surface area contributed by atoms with Gasteiger partial charge in [0.1, 0.15) is 5.01 Å². The minimum atomic E-state index is -0.114. The molecule has 8 heteroatoms. The molecule has 0 radical (unpaired) electrons. The number of aromatic nitrogens is 1. The van der Waals surface area contributed by atoms with Crippen molar-refractivity contribution in [3.63, 3.8) is 0 Å². The van der Waals surface area contributed by atoms with Gasteiger partial charge in [-0.25, -0.2) is 4.98 Å². The van der Waals surface area contributed by atoms with Gasteiger partial charge in [-0.2, -0.15) is 0 Å². The lowest BCUT2D eigenvalue weighted by atomic mass is 9.96. The third-order valence-corrected chi connectivity index (χ3v) is 5.92. The van der Waals surface area contributed by atoms with Gasteiger partial charge < -0.3 is 15.0 Å². The van der Waals surface area contributed by atoms with Crippen LogP contribution in [-0.4, -0.2) is 72.5 Å². The topological polar surface area (TPSA) is 74.8 Å². The lowest BCUT2D eigenvalue weighted by molar-refractivity contribution is -0.138. The minimum Gasteiger partial charge on any atom is -0.379 e. The zero-order valence-electron chi connectivity index (χ0n) is 15.4. The molecule has 1 N–H and O–H groups in total. The van der Waals surface area contributed by atoms with Crippen molar-refractivity contribution in [3.05, 3.63) is 16.1 Å². The number of piperidine rings is 1. The Morgan fingerprint density at radius 1 is 1.38 bits per heavy atom.